The van der Waals surface area contributed by atoms with E-state index in [4.69, 9.17) is 0 Å². The minimum Gasteiger partial charge on any atom is -0.427 e. The molecule has 0 radical (unpaired) electrons. The summed E-state index contributed by atoms with van der Waals surface area (Å²) in [6.07, 6.45) is 1.41. The normalized spacial score (nSPS) is 13.0. The van der Waals surface area contributed by atoms with Gasteiger partial charge in [-0.05, 0) is 40.5 Å². The van der Waals surface area contributed by atoms with Crippen molar-refractivity contribution < 1.29 is 10.0 Å². The number of aryl methyl sites for hydroxylation is 1. The van der Waals surface area contributed by atoms with E-state index in [1.54, 1.807) is 12.1 Å². The molecular weight excluding hydrogens is 344 g/mol. The Morgan fingerprint density at radius 3 is 2.55 bits per heavy atom. The predicted molar refractivity (Wildman–Crippen MR) is 88.6 cm³/mol. The van der Waals surface area contributed by atoms with Gasteiger partial charge in [0.05, 0.1) is 4.47 Å². The molecule has 0 aliphatic heterocycles. The Morgan fingerprint density at radius 2 is 1.95 bits per heavy atom. The second-order valence-corrected chi connectivity index (χ2v) is 5.95. The molecule has 0 spiro atoms. The van der Waals surface area contributed by atoms with E-state index in [-0.39, 0.29) is 11.4 Å². The maximum atomic E-state index is 12.3. The Bertz CT molecular complexity index is 753. The molecule has 1 aromatic carbocycles. The summed E-state index contributed by atoms with van der Waals surface area (Å²) in [6, 6.07) is 11.3. The van der Waals surface area contributed by atoms with E-state index < -0.39 is 5.91 Å². The average Bonchev–Trinajstić information content (AvgIpc) is 2.50. The standard InChI is InChI=1S/C17H17BrN2O2/c1-11-6-8-14(9-7-11)12(2)13(3)17(21)19-16-15(18)5-4-10-20(16)22/h4-10,12,22H,3H2,1-2H3. The Labute approximate surface area is 137 Å². The molecule has 1 unspecified atom stereocenters. The Hall–Kier alpha value is -2.14. The summed E-state index contributed by atoms with van der Waals surface area (Å²) < 4.78 is 1.33. The summed E-state index contributed by atoms with van der Waals surface area (Å²) >= 11 is 3.26. The molecule has 114 valence electrons. The first kappa shape index (κ1) is 16.2. The first-order valence-electron chi connectivity index (χ1n) is 6.81. The molecule has 0 saturated carbocycles. The molecule has 2 rings (SSSR count). The van der Waals surface area contributed by atoms with E-state index in [1.165, 1.54) is 6.20 Å². The molecule has 1 heterocycles. The molecule has 0 fully saturated rings. The zero-order chi connectivity index (χ0) is 16.3. The highest BCUT2D eigenvalue weighted by atomic mass is 79.9. The fraction of sp³-hybridized carbons (Fsp3) is 0.176. The zero-order valence-electron chi connectivity index (χ0n) is 12.5. The number of aromatic nitrogens is 1. The summed E-state index contributed by atoms with van der Waals surface area (Å²) in [5.41, 5.74) is 2.68. The SMILES string of the molecule is C=C(C(=O)N=c1c(Br)cccn1O)C(C)c1ccc(C)cc1. The highest BCUT2D eigenvalue weighted by Gasteiger charge is 2.16. The molecule has 0 aliphatic rings. The molecule has 0 aliphatic carbocycles. The van der Waals surface area contributed by atoms with Crippen LogP contribution in [0.25, 0.3) is 0 Å². The highest BCUT2D eigenvalue weighted by Crippen LogP contribution is 2.23. The van der Waals surface area contributed by atoms with Crippen LogP contribution in [0.3, 0.4) is 0 Å². The summed E-state index contributed by atoms with van der Waals surface area (Å²) in [7, 11) is 0. The molecular formula is C17H17BrN2O2. The third-order valence-electron chi connectivity index (χ3n) is 3.48. The van der Waals surface area contributed by atoms with E-state index in [9.17, 15) is 10.0 Å². The van der Waals surface area contributed by atoms with Gasteiger partial charge >= 0.3 is 0 Å². The second kappa shape index (κ2) is 6.75. The lowest BCUT2D eigenvalue weighted by molar-refractivity contribution is -0.115. The number of rotatable bonds is 3. The van der Waals surface area contributed by atoms with Gasteiger partial charge in [-0.3, -0.25) is 4.79 Å². The van der Waals surface area contributed by atoms with Gasteiger partial charge in [0.1, 0.15) is 0 Å². The van der Waals surface area contributed by atoms with Crippen LogP contribution in [0.4, 0.5) is 0 Å². The molecule has 5 heteroatoms. The number of benzene rings is 1. The lowest BCUT2D eigenvalue weighted by Gasteiger charge is -2.12. The van der Waals surface area contributed by atoms with E-state index in [2.05, 4.69) is 27.5 Å². The molecule has 4 nitrogen and oxygen atoms in total. The van der Waals surface area contributed by atoms with Crippen molar-refractivity contribution in [1.29, 1.82) is 0 Å². The smallest absolute Gasteiger partial charge is 0.275 e. The number of halogens is 1. The van der Waals surface area contributed by atoms with Crippen LogP contribution in [0, 0.1) is 6.92 Å². The van der Waals surface area contributed by atoms with Crippen molar-refractivity contribution in [2.45, 2.75) is 19.8 Å². The van der Waals surface area contributed by atoms with Crippen LogP contribution < -0.4 is 5.49 Å². The molecule has 1 amide bonds. The number of nitrogens with zero attached hydrogens (tertiary/aromatic N) is 2. The summed E-state index contributed by atoms with van der Waals surface area (Å²) in [6.45, 7) is 7.78. The second-order valence-electron chi connectivity index (χ2n) is 5.10. The fourth-order valence-corrected chi connectivity index (χ4v) is 2.40. The zero-order valence-corrected chi connectivity index (χ0v) is 14.0. The third kappa shape index (κ3) is 3.54. The van der Waals surface area contributed by atoms with Crippen LogP contribution in [0.15, 0.2) is 64.2 Å². The van der Waals surface area contributed by atoms with Gasteiger partial charge in [-0.2, -0.15) is 9.72 Å². The van der Waals surface area contributed by atoms with E-state index in [0.29, 0.717) is 10.0 Å². The predicted octanol–water partition coefficient (Wildman–Crippen LogP) is 3.58. The molecule has 22 heavy (non-hydrogen) atoms. The Balaban J connectivity index is 2.29. The van der Waals surface area contributed by atoms with Gasteiger partial charge in [0.15, 0.2) is 5.49 Å². The first-order valence-corrected chi connectivity index (χ1v) is 7.60. The monoisotopic (exact) mass is 360 g/mol. The molecule has 1 aromatic heterocycles. The van der Waals surface area contributed by atoms with Crippen molar-refractivity contribution in [3.05, 3.63) is 75.8 Å². The number of hydrogen-bond donors (Lipinski definition) is 1. The van der Waals surface area contributed by atoms with E-state index in [1.807, 2.05) is 38.1 Å². The maximum Gasteiger partial charge on any atom is 0.275 e. The molecule has 2 aromatic rings. The van der Waals surface area contributed by atoms with Gasteiger partial charge in [0.25, 0.3) is 5.91 Å². The number of pyridine rings is 1. The van der Waals surface area contributed by atoms with Crippen LogP contribution in [-0.2, 0) is 4.79 Å². The van der Waals surface area contributed by atoms with Crippen LogP contribution in [0.2, 0.25) is 0 Å². The van der Waals surface area contributed by atoms with Gasteiger partial charge in [-0.25, -0.2) is 0 Å². The van der Waals surface area contributed by atoms with Crippen LogP contribution >= 0.6 is 15.9 Å². The van der Waals surface area contributed by atoms with Gasteiger partial charge in [-0.1, -0.05) is 43.3 Å². The molecule has 0 bridgehead atoms. The van der Waals surface area contributed by atoms with Crippen LogP contribution in [0.5, 0.6) is 0 Å². The van der Waals surface area contributed by atoms with Crippen molar-refractivity contribution >= 4 is 21.8 Å². The van der Waals surface area contributed by atoms with Crippen molar-refractivity contribution in [1.82, 2.24) is 4.73 Å². The highest BCUT2D eigenvalue weighted by molar-refractivity contribution is 9.10. The summed E-state index contributed by atoms with van der Waals surface area (Å²) in [4.78, 5) is 16.2. The fourth-order valence-electron chi connectivity index (χ4n) is 1.98. The number of amides is 1. The minimum atomic E-state index is -0.456. The van der Waals surface area contributed by atoms with Crippen LogP contribution in [0.1, 0.15) is 24.0 Å². The first-order chi connectivity index (χ1) is 10.4. The van der Waals surface area contributed by atoms with Gasteiger partial charge in [0, 0.05) is 17.7 Å². The Morgan fingerprint density at radius 1 is 1.32 bits per heavy atom. The number of carbonyl (C=O) groups excluding carboxylic acids is 1. The Kier molecular flexibility index (Phi) is 4.98. The van der Waals surface area contributed by atoms with Crippen molar-refractivity contribution in [2.75, 3.05) is 0 Å². The number of carbonyl (C=O) groups is 1. The average molecular weight is 361 g/mol. The van der Waals surface area contributed by atoms with Gasteiger partial charge in [-0.15, -0.1) is 0 Å². The lowest BCUT2D eigenvalue weighted by Crippen LogP contribution is -2.22. The quantitative estimate of drug-likeness (QED) is 0.671. The number of hydrogen-bond acceptors (Lipinski definition) is 2. The van der Waals surface area contributed by atoms with Gasteiger partial charge in [0.2, 0.25) is 0 Å². The molecule has 1 atom stereocenters. The molecule has 1 N–H and O–H groups in total. The van der Waals surface area contributed by atoms with E-state index in [0.717, 1.165) is 15.9 Å². The lowest BCUT2D eigenvalue weighted by atomic mass is 9.93. The molecule has 0 saturated heterocycles. The van der Waals surface area contributed by atoms with E-state index >= 15 is 0 Å². The maximum absolute atomic E-state index is 12.3. The minimum absolute atomic E-state index is 0.143. The van der Waals surface area contributed by atoms with Crippen molar-refractivity contribution in [3.8, 4) is 0 Å². The van der Waals surface area contributed by atoms with Crippen molar-refractivity contribution in [3.63, 3.8) is 0 Å². The van der Waals surface area contributed by atoms with Crippen molar-refractivity contribution in [2.24, 2.45) is 4.99 Å². The third-order valence-corrected chi connectivity index (χ3v) is 4.10. The van der Waals surface area contributed by atoms with Gasteiger partial charge < -0.3 is 5.21 Å². The topological polar surface area (TPSA) is 54.6 Å². The largest absolute Gasteiger partial charge is 0.427 e. The van der Waals surface area contributed by atoms with Crippen LogP contribution in [-0.4, -0.2) is 15.8 Å². The summed E-state index contributed by atoms with van der Waals surface area (Å²) in [5.74, 6) is -0.603. The summed E-state index contributed by atoms with van der Waals surface area (Å²) in [5, 5.41) is 9.72.